The van der Waals surface area contributed by atoms with Gasteiger partial charge in [-0.2, -0.15) is 0 Å². The number of rotatable bonds is 11. The minimum atomic E-state index is -0.362. The van der Waals surface area contributed by atoms with Gasteiger partial charge in [-0.15, -0.1) is 19.1 Å². The number of nitrogens with one attached hydrogen (secondary N) is 1. The van der Waals surface area contributed by atoms with Gasteiger partial charge in [-0.25, -0.2) is 0 Å². The molecular weight excluding hydrogens is 472 g/mol. The van der Waals surface area contributed by atoms with Crippen LogP contribution in [0, 0.1) is 18.3 Å². The second-order valence-corrected chi connectivity index (χ2v) is 10.5. The maximum absolute atomic E-state index is 6.73. The fourth-order valence-corrected chi connectivity index (χ4v) is 4.90. The smallest absolute Gasteiger partial charge is 0.0961 e. The summed E-state index contributed by atoms with van der Waals surface area (Å²) in [7, 11) is 0. The molecule has 1 fully saturated rings. The van der Waals surface area contributed by atoms with Gasteiger partial charge in [0, 0.05) is 41.5 Å². The first-order chi connectivity index (χ1) is 17.8. The van der Waals surface area contributed by atoms with E-state index in [9.17, 15) is 0 Å². The highest BCUT2D eigenvalue weighted by Gasteiger charge is 2.37. The number of thiol groups is 1. The summed E-state index contributed by atoms with van der Waals surface area (Å²) < 4.78 is 6.73. The van der Waals surface area contributed by atoms with E-state index in [1.54, 1.807) is 6.08 Å². The highest BCUT2D eigenvalue weighted by Crippen LogP contribution is 2.38. The second kappa shape index (κ2) is 13.5. The molecule has 37 heavy (non-hydrogen) atoms. The van der Waals surface area contributed by atoms with E-state index in [-0.39, 0.29) is 5.60 Å². The van der Waals surface area contributed by atoms with Crippen LogP contribution in [0.5, 0.6) is 0 Å². The van der Waals surface area contributed by atoms with Crippen molar-refractivity contribution >= 4 is 12.6 Å². The summed E-state index contributed by atoms with van der Waals surface area (Å²) in [5.41, 5.74) is 5.72. The molecule has 0 aromatic heterocycles. The van der Waals surface area contributed by atoms with Crippen LogP contribution in [0.15, 0.2) is 96.2 Å². The number of allylic oxidation sites excluding steroid dienone is 3. The van der Waals surface area contributed by atoms with E-state index in [0.29, 0.717) is 12.5 Å². The highest BCUT2D eigenvalue weighted by atomic mass is 32.1. The Kier molecular flexibility index (Phi) is 10.5. The number of likely N-dealkylation sites (tertiary alicyclic amines) is 1. The van der Waals surface area contributed by atoms with Gasteiger partial charge in [0.25, 0.3) is 0 Å². The van der Waals surface area contributed by atoms with Crippen LogP contribution in [0.4, 0.5) is 0 Å². The third-order valence-electron chi connectivity index (χ3n) is 6.73. The molecule has 2 aromatic rings. The first kappa shape index (κ1) is 28.6. The fraction of sp³-hybridized carbons (Fsp3) is 0.333. The summed E-state index contributed by atoms with van der Waals surface area (Å²) in [6.07, 6.45) is 13.1. The number of piperidine rings is 1. The van der Waals surface area contributed by atoms with Gasteiger partial charge in [-0.05, 0) is 60.6 Å². The average molecular weight is 513 g/mol. The van der Waals surface area contributed by atoms with Gasteiger partial charge in [0.1, 0.15) is 0 Å². The lowest BCUT2D eigenvalue weighted by molar-refractivity contribution is -0.0829. The molecule has 4 heteroatoms. The molecule has 0 unspecified atom stereocenters. The highest BCUT2D eigenvalue weighted by molar-refractivity contribution is 7.84. The monoisotopic (exact) mass is 512 g/mol. The van der Waals surface area contributed by atoms with E-state index in [2.05, 4.69) is 92.2 Å². The number of terminal acetylenes is 1. The van der Waals surface area contributed by atoms with Crippen LogP contribution >= 0.6 is 12.6 Å². The van der Waals surface area contributed by atoms with Crippen molar-refractivity contribution in [2.24, 2.45) is 5.92 Å². The number of ether oxygens (including phenoxy) is 1. The number of nitrogens with zero attached hydrogens (tertiary/aromatic N) is 1. The van der Waals surface area contributed by atoms with Gasteiger partial charge in [-0.3, -0.25) is 0 Å². The average Bonchev–Trinajstić information content (AvgIpc) is 2.92. The molecule has 1 N–H and O–H groups in total. The van der Waals surface area contributed by atoms with Crippen molar-refractivity contribution in [3.05, 3.63) is 107 Å². The number of hydrogen-bond acceptors (Lipinski definition) is 4. The zero-order valence-corrected chi connectivity index (χ0v) is 23.4. The van der Waals surface area contributed by atoms with Crippen molar-refractivity contribution in [2.45, 2.75) is 39.2 Å². The third kappa shape index (κ3) is 8.01. The Labute approximate surface area is 229 Å². The Bertz CT molecular complexity index is 1180. The maximum atomic E-state index is 6.73. The molecule has 1 aliphatic rings. The number of benzene rings is 2. The predicted octanol–water partition coefficient (Wildman–Crippen LogP) is 7.31. The summed E-state index contributed by atoms with van der Waals surface area (Å²) in [6.45, 7) is 18.1. The lowest BCUT2D eigenvalue weighted by atomic mass is 9.83. The van der Waals surface area contributed by atoms with Crippen molar-refractivity contribution in [1.29, 1.82) is 0 Å². The van der Waals surface area contributed by atoms with Crippen LogP contribution < -0.4 is 5.32 Å². The van der Waals surface area contributed by atoms with Gasteiger partial charge in [0.05, 0.1) is 12.2 Å². The summed E-state index contributed by atoms with van der Waals surface area (Å²) in [4.78, 5) is 3.34. The number of hydrogen-bond donors (Lipinski definition) is 2. The molecule has 194 valence electrons. The molecule has 0 atom stereocenters. The fourth-order valence-electron chi connectivity index (χ4n) is 4.76. The van der Waals surface area contributed by atoms with Gasteiger partial charge in [0.2, 0.25) is 0 Å². The molecule has 0 aliphatic carbocycles. The molecule has 1 heterocycles. The Morgan fingerprint density at radius 3 is 2.49 bits per heavy atom. The predicted molar refractivity (Wildman–Crippen MR) is 161 cm³/mol. The minimum absolute atomic E-state index is 0.362. The molecule has 0 spiro atoms. The van der Waals surface area contributed by atoms with E-state index in [1.165, 1.54) is 5.56 Å². The third-order valence-corrected chi connectivity index (χ3v) is 7.04. The topological polar surface area (TPSA) is 24.5 Å². The molecule has 2 aromatic carbocycles. The molecule has 3 rings (SSSR count). The normalized spacial score (nSPS) is 16.3. The van der Waals surface area contributed by atoms with E-state index in [0.717, 1.165) is 65.5 Å². The zero-order valence-electron chi connectivity index (χ0n) is 22.5. The van der Waals surface area contributed by atoms with E-state index in [1.807, 2.05) is 31.2 Å². The van der Waals surface area contributed by atoms with Gasteiger partial charge in [0.15, 0.2) is 0 Å². The molecule has 0 radical (unpaired) electrons. The molecule has 0 saturated carbocycles. The van der Waals surface area contributed by atoms with Crippen molar-refractivity contribution in [2.75, 3.05) is 26.2 Å². The Balaban J connectivity index is 1.80. The molecule has 1 saturated heterocycles. The first-order valence-electron chi connectivity index (χ1n) is 13.0. The van der Waals surface area contributed by atoms with Gasteiger partial charge in [-0.1, -0.05) is 81.5 Å². The van der Waals surface area contributed by atoms with E-state index in [4.69, 9.17) is 11.2 Å². The standard InChI is InChI=1S/C33H40N2OS/c1-7-27-11-10-12-29(21-27)28-13-15-30(16-14-28)33(17-19-35(20-18-33)23-25(4)5)36-24-26(6)34-31(8-2)22-32(37)9-3/h1,8-16,21-22,25,34,37H,3,6,17-20,23-24H2,2,4-5H3/b31-8+,32-22+. The molecule has 0 amide bonds. The quantitative estimate of drug-likeness (QED) is 0.188. The summed E-state index contributed by atoms with van der Waals surface area (Å²) >= 11 is 4.41. The Morgan fingerprint density at radius 2 is 1.89 bits per heavy atom. The molecular formula is C33H40N2OS. The van der Waals surface area contributed by atoms with Gasteiger partial charge >= 0.3 is 0 Å². The Morgan fingerprint density at radius 1 is 1.19 bits per heavy atom. The van der Waals surface area contributed by atoms with Crippen molar-refractivity contribution in [3.63, 3.8) is 0 Å². The minimum Gasteiger partial charge on any atom is -0.364 e. The SMILES string of the molecule is C#Cc1cccc(-c2ccc(C3(OCC(=C)NC(/C=C(/S)C=C)=C/C)CCN(CC(C)C)CC3)cc2)c1. The molecule has 3 nitrogen and oxygen atoms in total. The van der Waals surface area contributed by atoms with Crippen LogP contribution in [0.1, 0.15) is 44.7 Å². The van der Waals surface area contributed by atoms with E-state index < -0.39 is 0 Å². The van der Waals surface area contributed by atoms with Crippen LogP contribution in [-0.4, -0.2) is 31.1 Å². The Hall–Kier alpha value is -2.97. The zero-order chi connectivity index (χ0) is 26.8. The molecule has 0 bridgehead atoms. The van der Waals surface area contributed by atoms with E-state index >= 15 is 0 Å². The molecule has 1 aliphatic heterocycles. The van der Waals surface area contributed by atoms with Crippen molar-refractivity contribution in [1.82, 2.24) is 10.2 Å². The summed E-state index contributed by atoms with van der Waals surface area (Å²) in [5, 5.41) is 3.36. The summed E-state index contributed by atoms with van der Waals surface area (Å²) in [6, 6.07) is 16.9. The lowest BCUT2D eigenvalue weighted by Gasteiger charge is -2.43. The van der Waals surface area contributed by atoms with Crippen LogP contribution in [0.2, 0.25) is 0 Å². The largest absolute Gasteiger partial charge is 0.364 e. The maximum Gasteiger partial charge on any atom is 0.0961 e. The van der Waals surface area contributed by atoms with Crippen LogP contribution in [0.25, 0.3) is 11.1 Å². The summed E-state index contributed by atoms with van der Waals surface area (Å²) in [5.74, 6) is 3.37. The van der Waals surface area contributed by atoms with Crippen LogP contribution in [-0.2, 0) is 10.3 Å². The lowest BCUT2D eigenvalue weighted by Crippen LogP contribution is -2.45. The second-order valence-electron chi connectivity index (χ2n) is 10.0. The van der Waals surface area contributed by atoms with Crippen molar-refractivity contribution < 1.29 is 4.74 Å². The van der Waals surface area contributed by atoms with Gasteiger partial charge < -0.3 is 15.0 Å². The first-order valence-corrected chi connectivity index (χ1v) is 13.4. The van der Waals surface area contributed by atoms with Crippen LogP contribution in [0.3, 0.4) is 0 Å². The van der Waals surface area contributed by atoms with Crippen molar-refractivity contribution in [3.8, 4) is 23.5 Å².